The third-order valence-corrected chi connectivity index (χ3v) is 2.92. The second-order valence-corrected chi connectivity index (χ2v) is 4.43. The molecular weight excluding hydrogens is 188 g/mol. The maximum Gasteiger partial charge on any atom is 0.221 e. The van der Waals surface area contributed by atoms with Gasteiger partial charge in [0.15, 0.2) is 0 Å². The van der Waals surface area contributed by atoms with Crippen LogP contribution in [0.1, 0.15) is 25.3 Å². The fourth-order valence-corrected chi connectivity index (χ4v) is 2.15. The number of rotatable bonds is 1. The SMILES string of the molecule is Cc1cnc(N)nc1N1CCCC(C)C1. The molecule has 0 radical (unpaired) electrons. The average Bonchev–Trinajstić information content (AvgIpc) is 2.22. The predicted octanol–water partition coefficient (Wildman–Crippen LogP) is 1.60. The summed E-state index contributed by atoms with van der Waals surface area (Å²) in [6, 6.07) is 0. The van der Waals surface area contributed by atoms with Gasteiger partial charge in [0.2, 0.25) is 5.95 Å². The van der Waals surface area contributed by atoms with Crippen molar-refractivity contribution in [1.29, 1.82) is 0 Å². The zero-order chi connectivity index (χ0) is 10.8. The van der Waals surface area contributed by atoms with Gasteiger partial charge in [0.05, 0.1) is 0 Å². The van der Waals surface area contributed by atoms with Gasteiger partial charge in [0, 0.05) is 24.8 Å². The van der Waals surface area contributed by atoms with Gasteiger partial charge in [-0.15, -0.1) is 0 Å². The number of nitrogens with zero attached hydrogens (tertiary/aromatic N) is 3. The van der Waals surface area contributed by atoms with Crippen molar-refractivity contribution in [3.05, 3.63) is 11.8 Å². The molecular formula is C11H18N4. The minimum absolute atomic E-state index is 0.369. The number of aromatic nitrogens is 2. The van der Waals surface area contributed by atoms with Gasteiger partial charge in [0.25, 0.3) is 0 Å². The quantitative estimate of drug-likeness (QED) is 0.758. The van der Waals surface area contributed by atoms with E-state index in [9.17, 15) is 0 Å². The van der Waals surface area contributed by atoms with Crippen molar-refractivity contribution >= 4 is 11.8 Å². The van der Waals surface area contributed by atoms with Crippen LogP contribution in [-0.2, 0) is 0 Å². The Hall–Kier alpha value is -1.32. The van der Waals surface area contributed by atoms with Crippen LogP contribution in [0, 0.1) is 12.8 Å². The summed E-state index contributed by atoms with van der Waals surface area (Å²) < 4.78 is 0. The van der Waals surface area contributed by atoms with Crippen LogP contribution in [0.25, 0.3) is 0 Å². The fraction of sp³-hybridized carbons (Fsp3) is 0.636. The number of hydrogen-bond donors (Lipinski definition) is 1. The molecule has 0 saturated carbocycles. The lowest BCUT2D eigenvalue weighted by molar-refractivity contribution is 0.444. The first-order valence-corrected chi connectivity index (χ1v) is 5.51. The Bertz CT molecular complexity index is 350. The highest BCUT2D eigenvalue weighted by Gasteiger charge is 2.19. The highest BCUT2D eigenvalue weighted by atomic mass is 15.2. The second-order valence-electron chi connectivity index (χ2n) is 4.43. The smallest absolute Gasteiger partial charge is 0.221 e. The van der Waals surface area contributed by atoms with Gasteiger partial charge >= 0.3 is 0 Å². The highest BCUT2D eigenvalue weighted by molar-refractivity contribution is 5.48. The van der Waals surface area contributed by atoms with Crippen LogP contribution in [0.4, 0.5) is 11.8 Å². The third-order valence-electron chi connectivity index (χ3n) is 2.92. The van der Waals surface area contributed by atoms with E-state index in [0.717, 1.165) is 30.4 Å². The first-order chi connectivity index (χ1) is 7.16. The van der Waals surface area contributed by atoms with Crippen LogP contribution in [0.3, 0.4) is 0 Å². The van der Waals surface area contributed by atoms with E-state index in [2.05, 4.69) is 21.8 Å². The molecule has 2 rings (SSSR count). The van der Waals surface area contributed by atoms with Crippen molar-refractivity contribution in [2.45, 2.75) is 26.7 Å². The van der Waals surface area contributed by atoms with E-state index in [4.69, 9.17) is 5.73 Å². The monoisotopic (exact) mass is 206 g/mol. The van der Waals surface area contributed by atoms with Crippen molar-refractivity contribution in [1.82, 2.24) is 9.97 Å². The molecule has 0 amide bonds. The summed E-state index contributed by atoms with van der Waals surface area (Å²) in [4.78, 5) is 10.6. The number of nitrogens with two attached hydrogens (primary N) is 1. The summed E-state index contributed by atoms with van der Waals surface area (Å²) in [5, 5.41) is 0. The lowest BCUT2D eigenvalue weighted by Crippen LogP contribution is -2.35. The maximum absolute atomic E-state index is 5.62. The molecule has 0 aliphatic carbocycles. The molecule has 0 bridgehead atoms. The van der Waals surface area contributed by atoms with Crippen LogP contribution in [0.2, 0.25) is 0 Å². The number of piperidine rings is 1. The van der Waals surface area contributed by atoms with Crippen molar-refractivity contribution in [2.24, 2.45) is 5.92 Å². The van der Waals surface area contributed by atoms with Crippen molar-refractivity contribution < 1.29 is 0 Å². The van der Waals surface area contributed by atoms with Gasteiger partial charge in [-0.05, 0) is 25.7 Å². The second kappa shape index (κ2) is 4.04. The van der Waals surface area contributed by atoms with Gasteiger partial charge < -0.3 is 10.6 Å². The lowest BCUT2D eigenvalue weighted by atomic mass is 10.0. The van der Waals surface area contributed by atoms with Gasteiger partial charge in [-0.1, -0.05) is 6.92 Å². The standard InChI is InChI=1S/C11H18N4/c1-8-4-3-5-15(7-8)10-9(2)6-13-11(12)14-10/h6,8H,3-5,7H2,1-2H3,(H2,12,13,14). The minimum Gasteiger partial charge on any atom is -0.368 e. The highest BCUT2D eigenvalue weighted by Crippen LogP contribution is 2.23. The van der Waals surface area contributed by atoms with E-state index in [0.29, 0.717) is 5.95 Å². The molecule has 1 aliphatic heterocycles. The molecule has 1 fully saturated rings. The summed E-state index contributed by atoms with van der Waals surface area (Å²) in [5.41, 5.74) is 6.73. The van der Waals surface area contributed by atoms with E-state index in [1.165, 1.54) is 12.8 Å². The first-order valence-electron chi connectivity index (χ1n) is 5.51. The Balaban J connectivity index is 2.24. The Morgan fingerprint density at radius 1 is 1.53 bits per heavy atom. The van der Waals surface area contributed by atoms with Crippen molar-refractivity contribution in [3.8, 4) is 0 Å². The van der Waals surface area contributed by atoms with Crippen LogP contribution < -0.4 is 10.6 Å². The maximum atomic E-state index is 5.62. The van der Waals surface area contributed by atoms with Gasteiger partial charge in [-0.25, -0.2) is 4.98 Å². The zero-order valence-electron chi connectivity index (χ0n) is 9.40. The van der Waals surface area contributed by atoms with Crippen LogP contribution in [0.5, 0.6) is 0 Å². The Morgan fingerprint density at radius 3 is 3.07 bits per heavy atom. The molecule has 4 heteroatoms. The molecule has 2 N–H and O–H groups in total. The molecule has 1 aromatic rings. The summed E-state index contributed by atoms with van der Waals surface area (Å²) in [6.07, 6.45) is 4.36. The molecule has 1 saturated heterocycles. The van der Waals surface area contributed by atoms with Crippen LogP contribution in [0.15, 0.2) is 6.20 Å². The lowest BCUT2D eigenvalue weighted by Gasteiger charge is -2.32. The van der Waals surface area contributed by atoms with Crippen molar-refractivity contribution in [2.75, 3.05) is 23.7 Å². The number of anilines is 2. The molecule has 2 heterocycles. The number of aryl methyl sites for hydroxylation is 1. The summed E-state index contributed by atoms with van der Waals surface area (Å²) in [7, 11) is 0. The molecule has 1 aliphatic rings. The van der Waals surface area contributed by atoms with E-state index in [1.807, 2.05) is 6.92 Å². The molecule has 1 aromatic heterocycles. The zero-order valence-corrected chi connectivity index (χ0v) is 9.40. The average molecular weight is 206 g/mol. The summed E-state index contributed by atoms with van der Waals surface area (Å²) in [5.74, 6) is 2.12. The Kier molecular flexibility index (Phi) is 2.75. The van der Waals surface area contributed by atoms with E-state index >= 15 is 0 Å². The van der Waals surface area contributed by atoms with Crippen molar-refractivity contribution in [3.63, 3.8) is 0 Å². The molecule has 4 nitrogen and oxygen atoms in total. The fourth-order valence-electron chi connectivity index (χ4n) is 2.15. The predicted molar refractivity (Wildman–Crippen MR) is 61.8 cm³/mol. The first kappa shape index (κ1) is 10.2. The minimum atomic E-state index is 0.369. The Labute approximate surface area is 90.5 Å². The molecule has 0 aromatic carbocycles. The molecule has 82 valence electrons. The molecule has 15 heavy (non-hydrogen) atoms. The number of hydrogen-bond acceptors (Lipinski definition) is 4. The molecule has 0 spiro atoms. The van der Waals surface area contributed by atoms with Gasteiger partial charge in [0.1, 0.15) is 5.82 Å². The van der Waals surface area contributed by atoms with Gasteiger partial charge in [-0.2, -0.15) is 4.98 Å². The number of nitrogen functional groups attached to an aromatic ring is 1. The van der Waals surface area contributed by atoms with E-state index in [1.54, 1.807) is 6.20 Å². The normalized spacial score (nSPS) is 21.7. The summed E-state index contributed by atoms with van der Waals surface area (Å²) in [6.45, 7) is 6.49. The molecule has 1 unspecified atom stereocenters. The van der Waals surface area contributed by atoms with Crippen LogP contribution >= 0.6 is 0 Å². The summed E-state index contributed by atoms with van der Waals surface area (Å²) >= 11 is 0. The largest absolute Gasteiger partial charge is 0.368 e. The van der Waals surface area contributed by atoms with E-state index in [-0.39, 0.29) is 0 Å². The topological polar surface area (TPSA) is 55.0 Å². The Morgan fingerprint density at radius 2 is 2.33 bits per heavy atom. The molecule has 1 atom stereocenters. The third kappa shape index (κ3) is 2.19. The van der Waals surface area contributed by atoms with Crippen LogP contribution in [-0.4, -0.2) is 23.1 Å². The van der Waals surface area contributed by atoms with Gasteiger partial charge in [-0.3, -0.25) is 0 Å². The van der Waals surface area contributed by atoms with E-state index < -0.39 is 0 Å².